The fraction of sp³-hybridized carbons (Fsp3) is 0.500. The molecule has 1 aromatic carbocycles. The molecule has 0 saturated carbocycles. The molecule has 2 saturated heterocycles. The van der Waals surface area contributed by atoms with Gasteiger partial charge in [0.25, 0.3) is 5.91 Å². The van der Waals surface area contributed by atoms with Gasteiger partial charge in [-0.15, -0.1) is 0 Å². The summed E-state index contributed by atoms with van der Waals surface area (Å²) in [4.78, 5) is 42.5. The minimum absolute atomic E-state index is 0.0395. The van der Waals surface area contributed by atoms with Crippen molar-refractivity contribution < 1.29 is 19.1 Å². The first-order chi connectivity index (χ1) is 14.5. The molecule has 3 heterocycles. The highest BCUT2D eigenvalue weighted by Gasteiger charge is 2.31. The standard InChI is InChI=1S/C22H28N4O4/c1-13-20(16-11-15(30-2)6-7-17(16)23-13)22(29)26-10-4-3-5-14(12-26)24-21(28)18-8-9-19(27)25-18/h6-7,11,14,18,23H,3-5,8-10,12H2,1-2H3,(H,24,28)(H,25,27)/t14?,18-/m0/s1. The number of methoxy groups -OCH3 is 1. The Kier molecular flexibility index (Phi) is 5.65. The maximum Gasteiger partial charge on any atom is 0.256 e. The number of hydrogen-bond donors (Lipinski definition) is 3. The molecule has 160 valence electrons. The third-order valence-electron chi connectivity index (χ3n) is 6.02. The molecule has 3 N–H and O–H groups in total. The Morgan fingerprint density at radius 2 is 2.07 bits per heavy atom. The van der Waals surface area contributed by atoms with Crippen molar-refractivity contribution in [2.75, 3.05) is 20.2 Å². The van der Waals surface area contributed by atoms with Crippen LogP contribution in [-0.2, 0) is 9.59 Å². The molecule has 4 rings (SSSR count). The van der Waals surface area contributed by atoms with Gasteiger partial charge in [-0.25, -0.2) is 0 Å². The summed E-state index contributed by atoms with van der Waals surface area (Å²) >= 11 is 0. The van der Waals surface area contributed by atoms with Crippen molar-refractivity contribution in [1.29, 1.82) is 0 Å². The molecule has 2 aliphatic rings. The molecule has 0 radical (unpaired) electrons. The van der Waals surface area contributed by atoms with Gasteiger partial charge in [0.15, 0.2) is 0 Å². The van der Waals surface area contributed by atoms with E-state index in [4.69, 9.17) is 4.74 Å². The van der Waals surface area contributed by atoms with Crippen LogP contribution < -0.4 is 15.4 Å². The van der Waals surface area contributed by atoms with Crippen LogP contribution in [0.3, 0.4) is 0 Å². The van der Waals surface area contributed by atoms with Gasteiger partial charge < -0.3 is 25.3 Å². The predicted octanol–water partition coefficient (Wildman–Crippen LogP) is 1.87. The van der Waals surface area contributed by atoms with Crippen molar-refractivity contribution >= 4 is 28.6 Å². The van der Waals surface area contributed by atoms with E-state index in [1.54, 1.807) is 7.11 Å². The van der Waals surface area contributed by atoms with Gasteiger partial charge in [-0.3, -0.25) is 14.4 Å². The quantitative estimate of drug-likeness (QED) is 0.713. The van der Waals surface area contributed by atoms with E-state index in [9.17, 15) is 14.4 Å². The highest BCUT2D eigenvalue weighted by molar-refractivity contribution is 6.08. The van der Waals surface area contributed by atoms with E-state index in [0.29, 0.717) is 37.2 Å². The van der Waals surface area contributed by atoms with E-state index in [0.717, 1.165) is 35.9 Å². The van der Waals surface area contributed by atoms with Crippen molar-refractivity contribution in [3.05, 3.63) is 29.5 Å². The first kappa shape index (κ1) is 20.3. The summed E-state index contributed by atoms with van der Waals surface area (Å²) in [5.41, 5.74) is 2.37. The van der Waals surface area contributed by atoms with Crippen molar-refractivity contribution in [1.82, 2.24) is 20.5 Å². The molecule has 0 bridgehead atoms. The molecule has 3 amide bonds. The molecule has 1 unspecified atom stereocenters. The van der Waals surface area contributed by atoms with Crippen molar-refractivity contribution in [3.63, 3.8) is 0 Å². The Morgan fingerprint density at radius 1 is 1.23 bits per heavy atom. The Bertz CT molecular complexity index is 983. The highest BCUT2D eigenvalue weighted by atomic mass is 16.5. The zero-order chi connectivity index (χ0) is 21.3. The molecular weight excluding hydrogens is 384 g/mol. The Balaban J connectivity index is 1.52. The number of ether oxygens (including phenoxy) is 1. The maximum absolute atomic E-state index is 13.5. The van der Waals surface area contributed by atoms with Gasteiger partial charge >= 0.3 is 0 Å². The van der Waals surface area contributed by atoms with E-state index in [1.807, 2.05) is 30.0 Å². The second-order valence-electron chi connectivity index (χ2n) is 8.15. The number of H-pyrrole nitrogens is 1. The highest BCUT2D eigenvalue weighted by Crippen LogP contribution is 2.28. The number of rotatable bonds is 4. The lowest BCUT2D eigenvalue weighted by Gasteiger charge is -2.26. The number of carbonyl (C=O) groups is 3. The normalized spacial score (nSPS) is 21.9. The largest absolute Gasteiger partial charge is 0.497 e. The minimum Gasteiger partial charge on any atom is -0.497 e. The summed E-state index contributed by atoms with van der Waals surface area (Å²) < 4.78 is 5.33. The lowest BCUT2D eigenvalue weighted by molar-refractivity contribution is -0.126. The number of aromatic amines is 1. The number of hydrogen-bond acceptors (Lipinski definition) is 4. The molecule has 1 aromatic heterocycles. The number of benzene rings is 1. The number of amides is 3. The number of aryl methyl sites for hydroxylation is 1. The average molecular weight is 412 g/mol. The third-order valence-corrected chi connectivity index (χ3v) is 6.02. The smallest absolute Gasteiger partial charge is 0.256 e. The molecule has 2 fully saturated rings. The summed E-state index contributed by atoms with van der Waals surface area (Å²) in [6.07, 6.45) is 3.55. The van der Waals surface area contributed by atoms with Gasteiger partial charge in [0.2, 0.25) is 11.8 Å². The van der Waals surface area contributed by atoms with Crippen molar-refractivity contribution in [2.24, 2.45) is 0 Å². The van der Waals surface area contributed by atoms with Gasteiger partial charge in [-0.2, -0.15) is 0 Å². The minimum atomic E-state index is -0.465. The van der Waals surface area contributed by atoms with Gasteiger partial charge in [0, 0.05) is 42.1 Å². The molecule has 8 nitrogen and oxygen atoms in total. The summed E-state index contributed by atoms with van der Waals surface area (Å²) in [5, 5.41) is 6.60. The van der Waals surface area contributed by atoms with Crippen LogP contribution in [0.25, 0.3) is 10.9 Å². The first-order valence-corrected chi connectivity index (χ1v) is 10.5. The van der Waals surface area contributed by atoms with Crippen molar-refractivity contribution in [2.45, 2.75) is 51.1 Å². The number of nitrogens with one attached hydrogen (secondary N) is 3. The van der Waals surface area contributed by atoms with Gasteiger partial charge in [-0.05, 0) is 50.8 Å². The van der Waals surface area contributed by atoms with E-state index in [-0.39, 0.29) is 23.8 Å². The Hall–Kier alpha value is -3.03. The molecule has 2 aromatic rings. The molecule has 8 heteroatoms. The molecular formula is C22H28N4O4. The number of nitrogens with zero attached hydrogens (tertiary/aromatic N) is 1. The monoisotopic (exact) mass is 412 g/mol. The van der Waals surface area contributed by atoms with Gasteiger partial charge in [0.05, 0.1) is 12.7 Å². The second kappa shape index (κ2) is 8.38. The van der Waals surface area contributed by atoms with E-state index in [1.165, 1.54) is 0 Å². The zero-order valence-electron chi connectivity index (χ0n) is 17.4. The number of aromatic nitrogens is 1. The summed E-state index contributed by atoms with van der Waals surface area (Å²) in [6.45, 7) is 3.02. The summed E-state index contributed by atoms with van der Waals surface area (Å²) in [7, 11) is 1.61. The number of likely N-dealkylation sites (tertiary alicyclic amines) is 1. The zero-order valence-corrected chi connectivity index (χ0v) is 17.4. The number of fused-ring (bicyclic) bond motifs is 1. The second-order valence-corrected chi connectivity index (χ2v) is 8.15. The molecule has 0 aliphatic carbocycles. The van der Waals surface area contributed by atoms with E-state index >= 15 is 0 Å². The van der Waals surface area contributed by atoms with Crippen molar-refractivity contribution in [3.8, 4) is 5.75 Å². The van der Waals surface area contributed by atoms with Crippen LogP contribution >= 0.6 is 0 Å². The van der Waals surface area contributed by atoms with E-state index in [2.05, 4.69) is 15.6 Å². The van der Waals surface area contributed by atoms with Crippen LogP contribution in [0, 0.1) is 6.92 Å². The topological polar surface area (TPSA) is 104 Å². The van der Waals surface area contributed by atoms with Crippen LogP contribution in [0.1, 0.15) is 48.2 Å². The predicted molar refractivity (Wildman–Crippen MR) is 112 cm³/mol. The maximum atomic E-state index is 13.5. The summed E-state index contributed by atoms with van der Waals surface area (Å²) in [6, 6.07) is 5.08. The Labute approximate surface area is 175 Å². The van der Waals surface area contributed by atoms with Gasteiger partial charge in [0.1, 0.15) is 11.8 Å². The molecule has 30 heavy (non-hydrogen) atoms. The number of carbonyl (C=O) groups excluding carboxylic acids is 3. The fourth-order valence-electron chi connectivity index (χ4n) is 4.42. The lowest BCUT2D eigenvalue weighted by atomic mass is 10.1. The van der Waals surface area contributed by atoms with Crippen LogP contribution in [-0.4, -0.2) is 59.9 Å². The van der Waals surface area contributed by atoms with Gasteiger partial charge in [-0.1, -0.05) is 0 Å². The molecule has 2 atom stereocenters. The van der Waals surface area contributed by atoms with Crippen LogP contribution in [0.5, 0.6) is 5.75 Å². The fourth-order valence-corrected chi connectivity index (χ4v) is 4.42. The lowest BCUT2D eigenvalue weighted by Crippen LogP contribution is -2.50. The van der Waals surface area contributed by atoms with Crippen LogP contribution in [0.2, 0.25) is 0 Å². The van der Waals surface area contributed by atoms with Crippen LogP contribution in [0.4, 0.5) is 0 Å². The summed E-state index contributed by atoms with van der Waals surface area (Å²) in [5.74, 6) is 0.420. The third kappa shape index (κ3) is 3.99. The van der Waals surface area contributed by atoms with Crippen LogP contribution in [0.15, 0.2) is 18.2 Å². The molecule has 2 aliphatic heterocycles. The average Bonchev–Trinajstić information content (AvgIpc) is 3.22. The Morgan fingerprint density at radius 3 is 2.80 bits per heavy atom. The molecule has 0 spiro atoms. The van der Waals surface area contributed by atoms with E-state index < -0.39 is 6.04 Å². The SMILES string of the molecule is COc1ccc2[nH]c(C)c(C(=O)N3CCCCC(NC(=O)[C@@H]4CCC(=O)N4)C3)c2c1. The first-order valence-electron chi connectivity index (χ1n) is 10.5.